The Morgan fingerprint density at radius 2 is 1.67 bits per heavy atom. The molecule has 0 spiro atoms. The first kappa shape index (κ1) is 14.1. The average Bonchev–Trinajstić information content (AvgIpc) is 2.29. The van der Waals surface area contributed by atoms with E-state index in [1.807, 2.05) is 0 Å². The Bertz CT molecular complexity index is 425. The summed E-state index contributed by atoms with van der Waals surface area (Å²) in [5, 5.41) is 0. The number of amides is 1. The molecule has 2 bridgehead atoms. The summed E-state index contributed by atoms with van der Waals surface area (Å²) in [7, 11) is -3.46. The van der Waals surface area contributed by atoms with Crippen LogP contribution in [0.3, 0.4) is 0 Å². The lowest BCUT2D eigenvalue weighted by molar-refractivity contribution is -0.138. The van der Waals surface area contributed by atoms with Crippen molar-refractivity contribution < 1.29 is 13.2 Å². The van der Waals surface area contributed by atoms with E-state index in [1.54, 1.807) is 0 Å². The maximum Gasteiger partial charge on any atom is 0.239 e. The second-order valence-corrected chi connectivity index (χ2v) is 7.81. The summed E-state index contributed by atoms with van der Waals surface area (Å²) in [4.78, 5) is 14.8. The Kier molecular flexibility index (Phi) is 3.64. The fraction of sp³-hybridized carbons (Fsp3) is 0.909. The number of nitrogens with one attached hydrogen (secondary N) is 2. The Hall–Kier alpha value is -0.330. The van der Waals surface area contributed by atoms with E-state index >= 15 is 0 Å². The van der Waals surface area contributed by atoms with E-state index in [9.17, 15) is 13.2 Å². The van der Waals surface area contributed by atoms with E-state index in [2.05, 4.69) is 9.56 Å². The highest BCUT2D eigenvalue weighted by atomic mass is 35.5. The number of hydrogen-bond donors (Lipinski definition) is 2. The maximum absolute atomic E-state index is 12.1. The fourth-order valence-electron chi connectivity index (χ4n) is 3.29. The summed E-state index contributed by atoms with van der Waals surface area (Å²) in [6.07, 6.45) is 6.10. The molecule has 0 aromatic rings. The van der Waals surface area contributed by atoms with Gasteiger partial charge in [-0.2, -0.15) is 0 Å². The van der Waals surface area contributed by atoms with Gasteiger partial charge in [0.05, 0.1) is 11.7 Å². The van der Waals surface area contributed by atoms with Gasteiger partial charge in [-0.05, 0) is 55.7 Å². The summed E-state index contributed by atoms with van der Waals surface area (Å²) >= 11 is 5.60. The van der Waals surface area contributed by atoms with E-state index in [0.717, 1.165) is 51.3 Å². The minimum Gasteiger partial charge on any atom is -0.273 e. The molecule has 18 heavy (non-hydrogen) atoms. The summed E-state index contributed by atoms with van der Waals surface area (Å²) < 4.78 is 24.5. The van der Waals surface area contributed by atoms with E-state index in [4.69, 9.17) is 11.8 Å². The molecular weight excluding hydrogens is 276 g/mol. The lowest BCUT2D eigenvalue weighted by Crippen LogP contribution is -2.52. The lowest BCUT2D eigenvalue weighted by Gasteiger charge is -2.52. The SMILES string of the molecule is CS(=O)(=O)NC(=O)C12CCC(CNCl)(CC1)CC2. The van der Waals surface area contributed by atoms with E-state index in [1.165, 1.54) is 0 Å². The van der Waals surface area contributed by atoms with Gasteiger partial charge < -0.3 is 0 Å². The van der Waals surface area contributed by atoms with Crippen LogP contribution in [0.25, 0.3) is 0 Å². The quantitative estimate of drug-likeness (QED) is 0.763. The minimum atomic E-state index is -3.46. The second kappa shape index (κ2) is 4.65. The topological polar surface area (TPSA) is 75.3 Å². The Morgan fingerprint density at radius 1 is 1.17 bits per heavy atom. The van der Waals surface area contributed by atoms with Crippen molar-refractivity contribution in [3.8, 4) is 0 Å². The van der Waals surface area contributed by atoms with Crippen LogP contribution in [0.15, 0.2) is 0 Å². The smallest absolute Gasteiger partial charge is 0.239 e. The molecule has 104 valence electrons. The van der Waals surface area contributed by atoms with Gasteiger partial charge in [0.25, 0.3) is 0 Å². The van der Waals surface area contributed by atoms with E-state index in [-0.39, 0.29) is 11.3 Å². The Morgan fingerprint density at radius 3 is 2.06 bits per heavy atom. The molecule has 0 aliphatic heterocycles. The lowest BCUT2D eigenvalue weighted by atomic mass is 9.53. The van der Waals surface area contributed by atoms with Crippen molar-refractivity contribution in [2.75, 3.05) is 12.8 Å². The molecule has 3 aliphatic rings. The van der Waals surface area contributed by atoms with Crippen LogP contribution in [0.5, 0.6) is 0 Å². The summed E-state index contributed by atoms with van der Waals surface area (Å²) in [6.45, 7) is 0.762. The van der Waals surface area contributed by atoms with Crippen LogP contribution in [-0.4, -0.2) is 27.1 Å². The molecule has 5 nitrogen and oxygen atoms in total. The molecule has 2 N–H and O–H groups in total. The van der Waals surface area contributed by atoms with Crippen molar-refractivity contribution in [2.24, 2.45) is 10.8 Å². The first-order valence-corrected chi connectivity index (χ1v) is 8.44. The van der Waals surface area contributed by atoms with Crippen LogP contribution in [0.4, 0.5) is 0 Å². The summed E-state index contributed by atoms with van der Waals surface area (Å²) in [5.74, 6) is -0.322. The van der Waals surface area contributed by atoms with Gasteiger partial charge >= 0.3 is 0 Å². The minimum absolute atomic E-state index is 0.203. The summed E-state index contributed by atoms with van der Waals surface area (Å²) in [5.41, 5.74) is -0.272. The van der Waals surface area contributed by atoms with E-state index in [0.29, 0.717) is 0 Å². The summed E-state index contributed by atoms with van der Waals surface area (Å²) in [6, 6.07) is 0. The van der Waals surface area contributed by atoms with Crippen molar-refractivity contribution in [1.82, 2.24) is 9.56 Å². The molecule has 0 unspecified atom stereocenters. The van der Waals surface area contributed by atoms with Crippen molar-refractivity contribution in [1.29, 1.82) is 0 Å². The molecule has 0 heterocycles. The zero-order chi connectivity index (χ0) is 13.4. The molecule has 3 aliphatic carbocycles. The molecule has 0 saturated heterocycles. The average molecular weight is 295 g/mol. The van der Waals surface area contributed by atoms with Gasteiger partial charge in [0.15, 0.2) is 0 Å². The maximum atomic E-state index is 12.1. The van der Waals surface area contributed by atoms with Crippen molar-refractivity contribution in [3.05, 3.63) is 0 Å². The first-order valence-electron chi connectivity index (χ1n) is 6.17. The molecular formula is C11H19ClN2O3S. The van der Waals surface area contributed by atoms with Crippen LogP contribution in [0.1, 0.15) is 38.5 Å². The van der Waals surface area contributed by atoms with Crippen LogP contribution >= 0.6 is 11.8 Å². The van der Waals surface area contributed by atoms with Crippen LogP contribution in [0, 0.1) is 10.8 Å². The fourth-order valence-corrected chi connectivity index (χ4v) is 4.12. The zero-order valence-corrected chi connectivity index (χ0v) is 12.0. The number of fused-ring (bicyclic) bond motifs is 3. The third-order valence-electron chi connectivity index (χ3n) is 4.60. The van der Waals surface area contributed by atoms with Gasteiger partial charge in [0, 0.05) is 6.54 Å². The number of rotatable bonds is 4. The zero-order valence-electron chi connectivity index (χ0n) is 10.5. The van der Waals surface area contributed by atoms with Crippen molar-refractivity contribution >= 4 is 27.7 Å². The van der Waals surface area contributed by atoms with Crippen molar-refractivity contribution in [2.45, 2.75) is 38.5 Å². The first-order chi connectivity index (χ1) is 8.31. The monoisotopic (exact) mass is 294 g/mol. The normalized spacial score (nSPS) is 35.4. The molecule has 7 heteroatoms. The number of hydrogen-bond acceptors (Lipinski definition) is 4. The highest BCUT2D eigenvalue weighted by Crippen LogP contribution is 2.56. The second-order valence-electron chi connectivity index (χ2n) is 5.79. The molecule has 0 aromatic heterocycles. The van der Waals surface area contributed by atoms with Crippen LogP contribution in [0.2, 0.25) is 0 Å². The Balaban J connectivity index is 2.07. The third-order valence-corrected chi connectivity index (χ3v) is 5.29. The number of carbonyl (C=O) groups excluding carboxylic acids is 1. The highest BCUT2D eigenvalue weighted by molar-refractivity contribution is 7.89. The van der Waals surface area contributed by atoms with Gasteiger partial charge in [-0.15, -0.1) is 0 Å². The van der Waals surface area contributed by atoms with Crippen LogP contribution in [-0.2, 0) is 14.8 Å². The molecule has 1 amide bonds. The standard InChI is InChI=1S/C11H19ClN2O3S/c1-18(16,17)14-9(15)11-5-2-10(3-6-11,4-7-11)8-13-12/h13H,2-8H2,1H3,(H,14,15). The van der Waals surface area contributed by atoms with E-state index < -0.39 is 15.4 Å². The van der Waals surface area contributed by atoms with Crippen LogP contribution < -0.4 is 9.56 Å². The number of sulfonamides is 1. The largest absolute Gasteiger partial charge is 0.273 e. The molecule has 3 rings (SSSR count). The Labute approximate surface area is 113 Å². The highest BCUT2D eigenvalue weighted by Gasteiger charge is 2.52. The van der Waals surface area contributed by atoms with Gasteiger partial charge in [-0.3, -0.25) is 9.52 Å². The van der Waals surface area contributed by atoms with Gasteiger partial charge in [-0.1, -0.05) is 0 Å². The van der Waals surface area contributed by atoms with Crippen molar-refractivity contribution in [3.63, 3.8) is 0 Å². The van der Waals surface area contributed by atoms with Gasteiger partial charge in [0.1, 0.15) is 0 Å². The molecule has 3 fully saturated rings. The third kappa shape index (κ3) is 2.65. The van der Waals surface area contributed by atoms with Gasteiger partial charge in [0.2, 0.25) is 15.9 Å². The molecule has 0 aromatic carbocycles. The molecule has 0 atom stereocenters. The predicted octanol–water partition coefficient (Wildman–Crippen LogP) is 1.15. The number of carbonyl (C=O) groups is 1. The molecule has 0 radical (unpaired) electrons. The predicted molar refractivity (Wildman–Crippen MR) is 69.4 cm³/mol. The molecule has 3 saturated carbocycles. The number of halogens is 1. The van der Waals surface area contributed by atoms with Gasteiger partial charge in [-0.25, -0.2) is 13.3 Å².